The van der Waals surface area contributed by atoms with Crippen LogP contribution in [-0.2, 0) is 14.4 Å². The Balaban J connectivity index is 2.12. The minimum absolute atomic E-state index is 0.0917. The lowest BCUT2D eigenvalue weighted by atomic mass is 10.0. The van der Waals surface area contributed by atoms with Gasteiger partial charge in [0.05, 0.1) is 12.3 Å². The summed E-state index contributed by atoms with van der Waals surface area (Å²) in [6.07, 6.45) is 1.98. The van der Waals surface area contributed by atoms with Crippen molar-refractivity contribution >= 4 is 35.5 Å². The Morgan fingerprint density at radius 2 is 1.88 bits per heavy atom. The third kappa shape index (κ3) is 7.87. The van der Waals surface area contributed by atoms with Crippen LogP contribution in [-0.4, -0.2) is 73.1 Å². The van der Waals surface area contributed by atoms with E-state index in [0.717, 1.165) is 0 Å². The summed E-state index contributed by atoms with van der Waals surface area (Å²) in [6, 6.07) is 5.10. The topological polar surface area (TPSA) is 127 Å². The van der Waals surface area contributed by atoms with Crippen LogP contribution in [0.5, 0.6) is 0 Å². The van der Waals surface area contributed by atoms with E-state index in [1.807, 2.05) is 6.92 Å². The molecular formula is C24H35N5O5. The van der Waals surface area contributed by atoms with Crippen molar-refractivity contribution in [1.82, 2.24) is 15.3 Å². The van der Waals surface area contributed by atoms with Gasteiger partial charge >= 0.3 is 6.09 Å². The molecule has 3 amide bonds. The number of hydrogen-bond acceptors (Lipinski definition) is 7. The van der Waals surface area contributed by atoms with E-state index < -0.39 is 11.7 Å². The molecule has 186 valence electrons. The molecule has 0 unspecified atom stereocenters. The number of aliphatic imine (C=N–C) groups is 1. The second-order valence-electron chi connectivity index (χ2n) is 9.09. The summed E-state index contributed by atoms with van der Waals surface area (Å²) >= 11 is 0. The molecule has 0 radical (unpaired) electrons. The Morgan fingerprint density at radius 1 is 1.18 bits per heavy atom. The lowest BCUT2D eigenvalue weighted by Gasteiger charge is -2.23. The summed E-state index contributed by atoms with van der Waals surface area (Å²) in [5.41, 5.74) is 7.59. The van der Waals surface area contributed by atoms with Crippen molar-refractivity contribution in [3.63, 3.8) is 0 Å². The third-order valence-corrected chi connectivity index (χ3v) is 4.59. The highest BCUT2D eigenvalue weighted by molar-refractivity contribution is 6.05. The lowest BCUT2D eigenvalue weighted by molar-refractivity contribution is -0.181. The zero-order valence-electron chi connectivity index (χ0n) is 20.8. The number of alkyl carbamates (subject to hydrolysis) is 1. The molecule has 0 aliphatic carbocycles. The molecule has 0 saturated carbocycles. The fourth-order valence-electron chi connectivity index (χ4n) is 3.13. The van der Waals surface area contributed by atoms with Gasteiger partial charge in [-0.3, -0.25) is 14.4 Å². The van der Waals surface area contributed by atoms with Crippen molar-refractivity contribution in [2.45, 2.75) is 46.1 Å². The van der Waals surface area contributed by atoms with Crippen LogP contribution < -0.4 is 11.1 Å². The Labute approximate surface area is 200 Å². The zero-order chi connectivity index (χ0) is 25.5. The standard InChI is InChI=1S/C24H35N5O5/c1-7-11-29(33-12-10-26-23(32)34-24(2,3)4)22(31)18-13-16-8-9-17(21(30)28(5)6)14-19(16)27-20(25)15-18/h8-9,13-14H,7,10-12,15H2,1-6H3,(H2,25,27)(H,26,32). The molecule has 10 heteroatoms. The highest BCUT2D eigenvalue weighted by atomic mass is 16.7. The van der Waals surface area contributed by atoms with Gasteiger partial charge in [0.25, 0.3) is 11.8 Å². The van der Waals surface area contributed by atoms with E-state index in [9.17, 15) is 14.4 Å². The van der Waals surface area contributed by atoms with E-state index in [0.29, 0.717) is 35.4 Å². The third-order valence-electron chi connectivity index (χ3n) is 4.59. The number of fused-ring (bicyclic) bond motifs is 1. The summed E-state index contributed by atoms with van der Waals surface area (Å²) in [6.45, 7) is 7.89. The van der Waals surface area contributed by atoms with Gasteiger partial charge in [0, 0.05) is 50.3 Å². The number of benzene rings is 1. The predicted octanol–water partition coefficient (Wildman–Crippen LogP) is 2.86. The fraction of sp³-hybridized carbons (Fsp3) is 0.500. The molecule has 0 aromatic heterocycles. The number of carbonyl (C=O) groups is 3. The molecule has 34 heavy (non-hydrogen) atoms. The van der Waals surface area contributed by atoms with E-state index in [2.05, 4.69) is 10.3 Å². The van der Waals surface area contributed by atoms with Gasteiger partial charge in [0.1, 0.15) is 11.4 Å². The fourth-order valence-corrected chi connectivity index (χ4v) is 3.13. The van der Waals surface area contributed by atoms with Gasteiger partial charge in [-0.1, -0.05) is 13.0 Å². The van der Waals surface area contributed by atoms with Crippen molar-refractivity contribution in [3.05, 3.63) is 34.9 Å². The Hall–Kier alpha value is -3.40. The van der Waals surface area contributed by atoms with Crippen molar-refractivity contribution in [2.75, 3.05) is 33.8 Å². The van der Waals surface area contributed by atoms with Gasteiger partial charge in [-0.2, -0.15) is 0 Å². The molecule has 1 aliphatic rings. The van der Waals surface area contributed by atoms with E-state index in [1.54, 1.807) is 59.1 Å². The maximum Gasteiger partial charge on any atom is 0.407 e. The van der Waals surface area contributed by atoms with Gasteiger partial charge in [0.2, 0.25) is 0 Å². The zero-order valence-corrected chi connectivity index (χ0v) is 20.8. The summed E-state index contributed by atoms with van der Waals surface area (Å²) in [5, 5.41) is 3.87. The van der Waals surface area contributed by atoms with Crippen LogP contribution in [0.2, 0.25) is 0 Å². The number of nitrogens with zero attached hydrogens (tertiary/aromatic N) is 3. The molecule has 10 nitrogen and oxygen atoms in total. The number of nitrogens with two attached hydrogens (primary N) is 1. The molecule has 0 atom stereocenters. The second-order valence-corrected chi connectivity index (χ2v) is 9.09. The average Bonchev–Trinajstić information content (AvgIpc) is 2.90. The molecule has 2 rings (SSSR count). The first kappa shape index (κ1) is 26.8. The monoisotopic (exact) mass is 473 g/mol. The number of amidine groups is 1. The number of hydroxylamine groups is 2. The molecule has 0 bridgehead atoms. The molecule has 0 fully saturated rings. The Bertz CT molecular complexity index is 978. The van der Waals surface area contributed by atoms with Crippen molar-refractivity contribution in [2.24, 2.45) is 10.7 Å². The van der Waals surface area contributed by atoms with Crippen LogP contribution in [0.15, 0.2) is 28.8 Å². The molecule has 1 heterocycles. The Kier molecular flexibility index (Phi) is 9.19. The lowest BCUT2D eigenvalue weighted by Crippen LogP contribution is -2.38. The van der Waals surface area contributed by atoms with Crippen LogP contribution in [0.4, 0.5) is 10.5 Å². The van der Waals surface area contributed by atoms with Crippen LogP contribution in [0.1, 0.15) is 56.5 Å². The first-order valence-electron chi connectivity index (χ1n) is 11.2. The largest absolute Gasteiger partial charge is 0.444 e. The van der Waals surface area contributed by atoms with Gasteiger partial charge in [0.15, 0.2) is 0 Å². The number of hydrogen-bond donors (Lipinski definition) is 2. The van der Waals surface area contributed by atoms with E-state index in [-0.39, 0.29) is 37.2 Å². The molecular weight excluding hydrogens is 438 g/mol. The number of rotatable bonds is 8. The van der Waals surface area contributed by atoms with Gasteiger partial charge in [-0.25, -0.2) is 14.9 Å². The highest BCUT2D eigenvalue weighted by Crippen LogP contribution is 2.28. The van der Waals surface area contributed by atoms with Crippen LogP contribution in [0.3, 0.4) is 0 Å². The Morgan fingerprint density at radius 3 is 2.50 bits per heavy atom. The second kappa shape index (κ2) is 11.6. The summed E-state index contributed by atoms with van der Waals surface area (Å²) in [5.74, 6) is -0.224. The maximum atomic E-state index is 13.2. The predicted molar refractivity (Wildman–Crippen MR) is 131 cm³/mol. The van der Waals surface area contributed by atoms with Crippen LogP contribution >= 0.6 is 0 Å². The maximum absolute atomic E-state index is 13.2. The van der Waals surface area contributed by atoms with E-state index in [1.165, 1.54) is 9.96 Å². The molecule has 3 N–H and O–H groups in total. The van der Waals surface area contributed by atoms with Crippen molar-refractivity contribution in [1.29, 1.82) is 0 Å². The van der Waals surface area contributed by atoms with Crippen LogP contribution in [0.25, 0.3) is 6.08 Å². The van der Waals surface area contributed by atoms with Gasteiger partial charge < -0.3 is 20.7 Å². The number of nitrogens with one attached hydrogen (secondary N) is 1. The molecule has 1 aliphatic heterocycles. The summed E-state index contributed by atoms with van der Waals surface area (Å²) in [4.78, 5) is 48.8. The minimum atomic E-state index is -0.598. The quantitative estimate of drug-likeness (QED) is 0.442. The number of carbonyl (C=O) groups excluding carboxylic acids is 3. The normalized spacial score (nSPS) is 13.1. The number of amides is 3. The molecule has 0 spiro atoms. The summed E-state index contributed by atoms with van der Waals surface area (Å²) < 4.78 is 5.18. The average molecular weight is 474 g/mol. The molecule has 1 aromatic carbocycles. The van der Waals surface area contributed by atoms with Crippen molar-refractivity contribution < 1.29 is 24.0 Å². The van der Waals surface area contributed by atoms with E-state index in [4.69, 9.17) is 15.3 Å². The van der Waals surface area contributed by atoms with Gasteiger partial charge in [-0.05, 0) is 45.4 Å². The minimum Gasteiger partial charge on any atom is -0.444 e. The number of ether oxygens (including phenoxy) is 1. The van der Waals surface area contributed by atoms with Crippen molar-refractivity contribution in [3.8, 4) is 0 Å². The first-order valence-corrected chi connectivity index (χ1v) is 11.2. The highest BCUT2D eigenvalue weighted by Gasteiger charge is 2.23. The molecule has 0 saturated heterocycles. The van der Waals surface area contributed by atoms with Crippen LogP contribution in [0, 0.1) is 0 Å². The molecule has 1 aromatic rings. The summed E-state index contributed by atoms with van der Waals surface area (Å²) in [7, 11) is 3.35. The van der Waals surface area contributed by atoms with E-state index >= 15 is 0 Å². The smallest absolute Gasteiger partial charge is 0.407 e. The first-order chi connectivity index (χ1) is 15.9. The SMILES string of the molecule is CCCN(OCCNC(=O)OC(C)(C)C)C(=O)C1=Cc2ccc(C(=O)N(C)C)cc2N=C(N)C1. The van der Waals surface area contributed by atoms with Gasteiger partial charge in [-0.15, -0.1) is 0 Å².